The molecule has 1 saturated heterocycles. The zero-order chi connectivity index (χ0) is 23.3. The Bertz CT molecular complexity index is 1010. The maximum Gasteiger partial charge on any atom is 0.254 e. The molecule has 174 valence electrons. The molecular formula is C24H33N3O4S. The fraction of sp³-hybridized carbons (Fsp3) is 0.458. The zero-order valence-electron chi connectivity index (χ0n) is 19.2. The molecule has 1 fully saturated rings. The van der Waals surface area contributed by atoms with Crippen molar-refractivity contribution in [2.45, 2.75) is 50.3 Å². The van der Waals surface area contributed by atoms with Gasteiger partial charge in [-0.25, -0.2) is 13.1 Å². The molecule has 2 aromatic carbocycles. The van der Waals surface area contributed by atoms with Crippen molar-refractivity contribution in [2.24, 2.45) is 0 Å². The minimum atomic E-state index is -3.69. The fourth-order valence-electron chi connectivity index (χ4n) is 3.73. The van der Waals surface area contributed by atoms with Crippen molar-refractivity contribution in [1.82, 2.24) is 9.62 Å². The summed E-state index contributed by atoms with van der Waals surface area (Å²) in [6.45, 7) is 5.12. The van der Waals surface area contributed by atoms with Crippen molar-refractivity contribution in [2.75, 3.05) is 32.1 Å². The number of carbonyl (C=O) groups excluding carboxylic acids is 1. The summed E-state index contributed by atoms with van der Waals surface area (Å²) in [4.78, 5) is 17.3. The van der Waals surface area contributed by atoms with Crippen molar-refractivity contribution in [3.8, 4) is 0 Å². The largest absolute Gasteiger partial charge is 0.378 e. The van der Waals surface area contributed by atoms with Gasteiger partial charge in [-0.1, -0.05) is 18.2 Å². The van der Waals surface area contributed by atoms with E-state index in [4.69, 9.17) is 4.74 Å². The lowest BCUT2D eigenvalue weighted by molar-refractivity contribution is 0.0507. The lowest BCUT2D eigenvalue weighted by Crippen LogP contribution is -2.37. The van der Waals surface area contributed by atoms with Gasteiger partial charge >= 0.3 is 0 Å². The molecule has 1 N–H and O–H groups in total. The van der Waals surface area contributed by atoms with Gasteiger partial charge in [0.05, 0.1) is 11.0 Å². The molecule has 3 rings (SSSR count). The maximum atomic E-state index is 13.5. The molecule has 1 amide bonds. The smallest absolute Gasteiger partial charge is 0.254 e. The van der Waals surface area contributed by atoms with E-state index in [9.17, 15) is 13.2 Å². The third-order valence-corrected chi connectivity index (χ3v) is 7.00. The van der Waals surface area contributed by atoms with E-state index in [1.54, 1.807) is 30.9 Å². The van der Waals surface area contributed by atoms with Crippen LogP contribution in [0.15, 0.2) is 53.4 Å². The first-order chi connectivity index (χ1) is 15.2. The zero-order valence-corrected chi connectivity index (χ0v) is 20.1. The highest BCUT2D eigenvalue weighted by atomic mass is 32.2. The first kappa shape index (κ1) is 24.2. The number of rotatable bonds is 9. The number of sulfonamides is 1. The predicted molar refractivity (Wildman–Crippen MR) is 126 cm³/mol. The van der Waals surface area contributed by atoms with Crippen molar-refractivity contribution in [3.63, 3.8) is 0 Å². The van der Waals surface area contributed by atoms with E-state index in [0.717, 1.165) is 24.1 Å². The van der Waals surface area contributed by atoms with Crippen molar-refractivity contribution in [3.05, 3.63) is 59.7 Å². The normalized spacial score (nSPS) is 16.3. The van der Waals surface area contributed by atoms with Crippen LogP contribution < -0.4 is 9.62 Å². The van der Waals surface area contributed by atoms with E-state index in [-0.39, 0.29) is 22.9 Å². The summed E-state index contributed by atoms with van der Waals surface area (Å²) in [6, 6.07) is 14.1. The molecule has 1 heterocycles. The molecule has 0 aliphatic carbocycles. The van der Waals surface area contributed by atoms with Crippen molar-refractivity contribution >= 4 is 21.6 Å². The Balaban J connectivity index is 1.85. The minimum absolute atomic E-state index is 0.00507. The monoisotopic (exact) mass is 459 g/mol. The Morgan fingerprint density at radius 3 is 2.47 bits per heavy atom. The van der Waals surface area contributed by atoms with Crippen molar-refractivity contribution < 1.29 is 17.9 Å². The molecule has 32 heavy (non-hydrogen) atoms. The summed E-state index contributed by atoms with van der Waals surface area (Å²) in [7, 11) is 0.282. The van der Waals surface area contributed by atoms with Gasteiger partial charge < -0.3 is 14.5 Å². The lowest BCUT2D eigenvalue weighted by Gasteiger charge is -2.26. The van der Waals surface area contributed by atoms with Gasteiger partial charge in [0, 0.05) is 51.1 Å². The van der Waals surface area contributed by atoms with Gasteiger partial charge in [0.15, 0.2) is 0 Å². The number of benzene rings is 2. The quantitative estimate of drug-likeness (QED) is 0.623. The molecule has 0 aromatic heterocycles. The Hall–Kier alpha value is -2.42. The number of hydrogen-bond acceptors (Lipinski definition) is 5. The van der Waals surface area contributed by atoms with Crippen LogP contribution >= 0.6 is 0 Å². The van der Waals surface area contributed by atoms with Gasteiger partial charge in [-0.2, -0.15) is 0 Å². The van der Waals surface area contributed by atoms with E-state index < -0.39 is 10.0 Å². The Kier molecular flexibility index (Phi) is 7.92. The first-order valence-electron chi connectivity index (χ1n) is 11.0. The summed E-state index contributed by atoms with van der Waals surface area (Å²) >= 11 is 0. The second-order valence-corrected chi connectivity index (χ2v) is 10.4. The maximum absolute atomic E-state index is 13.5. The molecular weight excluding hydrogens is 426 g/mol. The second-order valence-electron chi connectivity index (χ2n) is 8.69. The van der Waals surface area contributed by atoms with Crippen LogP contribution in [0.2, 0.25) is 0 Å². The van der Waals surface area contributed by atoms with Gasteiger partial charge in [-0.3, -0.25) is 4.79 Å². The number of carbonyl (C=O) groups is 1. The number of hydrogen-bond donors (Lipinski definition) is 1. The van der Waals surface area contributed by atoms with Crippen LogP contribution in [0.25, 0.3) is 0 Å². The van der Waals surface area contributed by atoms with Crippen LogP contribution in [-0.2, 0) is 21.3 Å². The summed E-state index contributed by atoms with van der Waals surface area (Å²) in [5.74, 6) is -0.209. The molecule has 0 bridgehead atoms. The van der Waals surface area contributed by atoms with Crippen molar-refractivity contribution in [1.29, 1.82) is 0 Å². The topological polar surface area (TPSA) is 79.0 Å². The van der Waals surface area contributed by atoms with Gasteiger partial charge in [0.2, 0.25) is 10.0 Å². The molecule has 0 unspecified atom stereocenters. The van der Waals surface area contributed by atoms with Crippen LogP contribution in [0.3, 0.4) is 0 Å². The summed E-state index contributed by atoms with van der Waals surface area (Å²) in [5, 5.41) is 0. The average molecular weight is 460 g/mol. The van der Waals surface area contributed by atoms with Gasteiger partial charge in [-0.05, 0) is 62.6 Å². The third kappa shape index (κ3) is 6.31. The lowest BCUT2D eigenvalue weighted by atomic mass is 10.1. The average Bonchev–Trinajstić information content (AvgIpc) is 3.25. The van der Waals surface area contributed by atoms with Crippen LogP contribution in [0.1, 0.15) is 42.6 Å². The number of amides is 1. The molecule has 7 nitrogen and oxygen atoms in total. The number of nitrogens with zero attached hydrogens (tertiary/aromatic N) is 2. The van der Waals surface area contributed by atoms with Crippen LogP contribution in [0.4, 0.5) is 5.69 Å². The highest BCUT2D eigenvalue weighted by molar-refractivity contribution is 7.89. The van der Waals surface area contributed by atoms with Crippen LogP contribution in [-0.4, -0.2) is 58.6 Å². The van der Waals surface area contributed by atoms with Gasteiger partial charge in [0.25, 0.3) is 5.91 Å². The number of ether oxygens (including phenoxy) is 1. The SMILES string of the molecule is CC(C)NS(=O)(=O)c1cccc(C(=O)N(Cc2ccc(N(C)C)cc2)C[C@H]2CCCO2)c1. The molecule has 0 radical (unpaired) electrons. The molecule has 0 saturated carbocycles. The van der Waals surface area contributed by atoms with Gasteiger partial charge in [-0.15, -0.1) is 0 Å². The summed E-state index contributed by atoms with van der Waals surface area (Å²) in [6.07, 6.45) is 1.89. The van der Waals surface area contributed by atoms with Crippen LogP contribution in [0, 0.1) is 0 Å². The minimum Gasteiger partial charge on any atom is -0.378 e. The number of anilines is 1. The van der Waals surface area contributed by atoms with E-state index in [2.05, 4.69) is 4.72 Å². The number of nitrogens with one attached hydrogen (secondary N) is 1. The molecule has 1 aliphatic heterocycles. The van der Waals surface area contributed by atoms with Crippen LogP contribution in [0.5, 0.6) is 0 Å². The third-order valence-electron chi connectivity index (χ3n) is 5.34. The van der Waals surface area contributed by atoms with E-state index in [1.165, 1.54) is 12.1 Å². The molecule has 0 spiro atoms. The molecule has 1 atom stereocenters. The molecule has 1 aliphatic rings. The Labute approximate surface area is 191 Å². The fourth-order valence-corrected chi connectivity index (χ4v) is 5.03. The van der Waals surface area contributed by atoms with E-state index in [1.807, 2.05) is 43.3 Å². The Morgan fingerprint density at radius 1 is 1.16 bits per heavy atom. The standard InChI is InChI=1S/C24H33N3O4S/c1-18(2)25-32(29,30)23-9-5-7-20(15-23)24(28)27(17-22-8-6-14-31-22)16-19-10-12-21(13-11-19)26(3)4/h5,7,9-13,15,18,22,25H,6,8,14,16-17H2,1-4H3/t22-/m1/s1. The Morgan fingerprint density at radius 2 is 1.88 bits per heavy atom. The highest BCUT2D eigenvalue weighted by Crippen LogP contribution is 2.20. The van der Waals surface area contributed by atoms with E-state index >= 15 is 0 Å². The molecule has 2 aromatic rings. The predicted octanol–water partition coefficient (Wildman–Crippen LogP) is 3.26. The molecule has 8 heteroatoms. The summed E-state index contributed by atoms with van der Waals surface area (Å²) in [5.41, 5.74) is 2.44. The first-order valence-corrected chi connectivity index (χ1v) is 12.4. The second kappa shape index (κ2) is 10.5. The van der Waals surface area contributed by atoms with E-state index in [0.29, 0.717) is 25.3 Å². The van der Waals surface area contributed by atoms with Gasteiger partial charge in [0.1, 0.15) is 0 Å². The summed E-state index contributed by atoms with van der Waals surface area (Å²) < 4.78 is 33.5. The highest BCUT2D eigenvalue weighted by Gasteiger charge is 2.25.